The number of amides is 1. The number of aromatic nitrogens is 3. The summed E-state index contributed by atoms with van der Waals surface area (Å²) < 4.78 is 20.7. The predicted molar refractivity (Wildman–Crippen MR) is 151 cm³/mol. The van der Waals surface area contributed by atoms with E-state index in [-0.39, 0.29) is 22.5 Å². The first-order valence-electron chi connectivity index (χ1n) is 13.6. The van der Waals surface area contributed by atoms with Crippen LogP contribution in [0.3, 0.4) is 0 Å². The van der Waals surface area contributed by atoms with Gasteiger partial charge in [-0.2, -0.15) is 5.10 Å². The third kappa shape index (κ3) is 5.49. The zero-order valence-electron chi connectivity index (χ0n) is 23.6. The Morgan fingerprint density at radius 3 is 2.55 bits per heavy atom. The van der Waals surface area contributed by atoms with Crippen LogP contribution in [0.2, 0.25) is 5.02 Å². The van der Waals surface area contributed by atoms with Gasteiger partial charge in [-0.15, -0.1) is 0 Å². The first-order chi connectivity index (χ1) is 19.0. The van der Waals surface area contributed by atoms with E-state index in [1.54, 1.807) is 25.1 Å². The van der Waals surface area contributed by atoms with E-state index >= 15 is 0 Å². The Labute approximate surface area is 239 Å². The van der Waals surface area contributed by atoms with E-state index < -0.39 is 11.8 Å². The maximum Gasteiger partial charge on any atom is 0.339 e. The molecule has 0 saturated carbocycles. The number of carbonyl (C=O) groups is 2. The van der Waals surface area contributed by atoms with E-state index in [0.717, 1.165) is 48.4 Å². The molecule has 1 aromatic carbocycles. The number of fused-ring (bicyclic) bond motifs is 1. The number of ether oxygens (including phenoxy) is 1. The molecule has 0 N–H and O–H groups in total. The molecular formula is C30H35ClFN5O3. The third-order valence-electron chi connectivity index (χ3n) is 7.84. The van der Waals surface area contributed by atoms with Gasteiger partial charge in [-0.25, -0.2) is 9.18 Å². The number of aryl methyl sites for hydroxylation is 1. The van der Waals surface area contributed by atoms with Gasteiger partial charge in [0.2, 0.25) is 0 Å². The second-order valence-corrected chi connectivity index (χ2v) is 12.0. The van der Waals surface area contributed by atoms with Crippen molar-refractivity contribution in [3.05, 3.63) is 69.4 Å². The lowest BCUT2D eigenvalue weighted by atomic mass is 9.96. The minimum atomic E-state index is -0.483. The number of rotatable bonds is 5. The molecule has 2 aliphatic heterocycles. The number of methoxy groups -OCH3 is 1. The predicted octanol–water partition coefficient (Wildman–Crippen LogP) is 5.25. The number of esters is 1. The van der Waals surface area contributed by atoms with Crippen molar-refractivity contribution in [2.75, 3.05) is 26.7 Å². The van der Waals surface area contributed by atoms with Crippen molar-refractivity contribution in [1.82, 2.24) is 24.6 Å². The lowest BCUT2D eigenvalue weighted by Gasteiger charge is -2.40. The van der Waals surface area contributed by atoms with Gasteiger partial charge in [0.15, 0.2) is 0 Å². The highest BCUT2D eigenvalue weighted by molar-refractivity contribution is 6.31. The first-order valence-corrected chi connectivity index (χ1v) is 14.0. The standard InChI is InChI=1S/C30H35ClFN5O3/c1-18-22(29(39)40-5)15-23-26(33-18)10-13-36(28(23)38)21-8-11-35(12-9-21)16-20-17-37(30(2,3)4)34-27(20)19-6-7-25(32)24(31)14-19/h6-7,14-15,17,21H,8-13,16H2,1-5H3. The fourth-order valence-corrected chi connectivity index (χ4v) is 5.74. The molecule has 8 nitrogen and oxygen atoms in total. The summed E-state index contributed by atoms with van der Waals surface area (Å²) in [5.41, 5.74) is 4.58. The summed E-state index contributed by atoms with van der Waals surface area (Å²) in [7, 11) is 1.33. The summed E-state index contributed by atoms with van der Waals surface area (Å²) >= 11 is 6.10. The number of nitrogens with zero attached hydrogens (tertiary/aromatic N) is 5. The fourth-order valence-electron chi connectivity index (χ4n) is 5.56. The number of piperidine rings is 1. The van der Waals surface area contributed by atoms with Crippen molar-refractivity contribution in [1.29, 1.82) is 0 Å². The van der Waals surface area contributed by atoms with E-state index in [4.69, 9.17) is 21.4 Å². The maximum absolute atomic E-state index is 13.9. The Morgan fingerprint density at radius 2 is 1.90 bits per heavy atom. The molecule has 0 bridgehead atoms. The van der Waals surface area contributed by atoms with Crippen molar-refractivity contribution in [2.24, 2.45) is 0 Å². The van der Waals surface area contributed by atoms with Gasteiger partial charge >= 0.3 is 5.97 Å². The molecule has 0 radical (unpaired) electrons. The number of likely N-dealkylation sites (tertiary alicyclic amines) is 1. The van der Waals surface area contributed by atoms with Gasteiger partial charge in [-0.1, -0.05) is 11.6 Å². The molecule has 0 spiro atoms. The Balaban J connectivity index is 1.30. The maximum atomic E-state index is 13.9. The summed E-state index contributed by atoms with van der Waals surface area (Å²) in [4.78, 5) is 34.5. The van der Waals surface area contributed by atoms with Gasteiger partial charge in [-0.05, 0) is 64.8 Å². The van der Waals surface area contributed by atoms with Crippen LogP contribution in [0.5, 0.6) is 0 Å². The normalized spacial score (nSPS) is 16.8. The molecular weight excluding hydrogens is 533 g/mol. The fraction of sp³-hybridized carbons (Fsp3) is 0.467. The van der Waals surface area contributed by atoms with Crippen LogP contribution < -0.4 is 0 Å². The number of hydrogen-bond donors (Lipinski definition) is 0. The lowest BCUT2D eigenvalue weighted by molar-refractivity contribution is 0.0543. The van der Waals surface area contributed by atoms with Gasteiger partial charge in [0.05, 0.1) is 45.9 Å². The Morgan fingerprint density at radius 1 is 1.18 bits per heavy atom. The van der Waals surface area contributed by atoms with Gasteiger partial charge in [0.25, 0.3) is 5.91 Å². The summed E-state index contributed by atoms with van der Waals surface area (Å²) in [6.07, 6.45) is 4.42. The van der Waals surface area contributed by atoms with Gasteiger partial charge < -0.3 is 9.64 Å². The number of halogens is 2. The van der Waals surface area contributed by atoms with Crippen LogP contribution in [-0.2, 0) is 23.2 Å². The van der Waals surface area contributed by atoms with Crippen molar-refractivity contribution in [2.45, 2.75) is 65.1 Å². The second-order valence-electron chi connectivity index (χ2n) is 11.6. The number of carbonyl (C=O) groups excluding carboxylic acids is 2. The zero-order valence-corrected chi connectivity index (χ0v) is 24.4. The monoisotopic (exact) mass is 567 g/mol. The summed E-state index contributed by atoms with van der Waals surface area (Å²) in [6, 6.07) is 6.48. The van der Waals surface area contributed by atoms with Crippen molar-refractivity contribution >= 4 is 23.5 Å². The summed E-state index contributed by atoms with van der Waals surface area (Å²) in [5.74, 6) is -1.01. The smallest absolute Gasteiger partial charge is 0.339 e. The number of hydrogen-bond acceptors (Lipinski definition) is 6. The molecule has 2 aromatic heterocycles. The molecule has 212 valence electrons. The average molecular weight is 568 g/mol. The molecule has 0 unspecified atom stereocenters. The molecule has 10 heteroatoms. The molecule has 1 fully saturated rings. The minimum absolute atomic E-state index is 0.0701. The Kier molecular flexibility index (Phi) is 7.72. The topological polar surface area (TPSA) is 80.6 Å². The Bertz CT molecular complexity index is 1460. The Hall–Kier alpha value is -3.30. The number of pyridine rings is 1. The van der Waals surface area contributed by atoms with Crippen LogP contribution in [0.15, 0.2) is 30.5 Å². The molecule has 1 amide bonds. The minimum Gasteiger partial charge on any atom is -0.465 e. The van der Waals surface area contributed by atoms with E-state index in [0.29, 0.717) is 36.3 Å². The van der Waals surface area contributed by atoms with Gasteiger partial charge in [0, 0.05) is 56.0 Å². The van der Waals surface area contributed by atoms with E-state index in [9.17, 15) is 14.0 Å². The second kappa shape index (κ2) is 10.9. The third-order valence-corrected chi connectivity index (χ3v) is 8.13. The molecule has 0 aliphatic carbocycles. The highest BCUT2D eigenvalue weighted by atomic mass is 35.5. The van der Waals surface area contributed by atoms with E-state index in [1.165, 1.54) is 13.2 Å². The average Bonchev–Trinajstić information content (AvgIpc) is 3.35. The van der Waals surface area contributed by atoms with Crippen molar-refractivity contribution in [3.8, 4) is 11.3 Å². The quantitative estimate of drug-likeness (QED) is 0.392. The molecule has 2 aliphatic rings. The highest BCUT2D eigenvalue weighted by Crippen LogP contribution is 2.31. The van der Waals surface area contributed by atoms with Gasteiger partial charge in [0.1, 0.15) is 5.82 Å². The van der Waals surface area contributed by atoms with Crippen LogP contribution >= 0.6 is 11.6 Å². The SMILES string of the molecule is COC(=O)c1cc2c(nc1C)CCN(C1CCN(Cc3cn(C(C)(C)C)nc3-c3ccc(F)c(Cl)c3)CC1)C2=O. The lowest BCUT2D eigenvalue weighted by Crippen LogP contribution is -2.50. The van der Waals surface area contributed by atoms with Crippen LogP contribution in [0.4, 0.5) is 4.39 Å². The molecule has 5 rings (SSSR count). The number of benzene rings is 1. The van der Waals surface area contributed by atoms with E-state index in [1.807, 2.05) is 9.58 Å². The van der Waals surface area contributed by atoms with Crippen LogP contribution in [0, 0.1) is 12.7 Å². The van der Waals surface area contributed by atoms with Crippen molar-refractivity contribution < 1.29 is 18.7 Å². The molecule has 40 heavy (non-hydrogen) atoms. The summed E-state index contributed by atoms with van der Waals surface area (Å²) in [6.45, 7) is 11.0. The summed E-state index contributed by atoms with van der Waals surface area (Å²) in [5, 5.41) is 4.93. The van der Waals surface area contributed by atoms with E-state index in [2.05, 4.69) is 36.9 Å². The molecule has 0 atom stereocenters. The van der Waals surface area contributed by atoms with Crippen LogP contribution in [0.25, 0.3) is 11.3 Å². The van der Waals surface area contributed by atoms with Gasteiger partial charge in [-0.3, -0.25) is 19.4 Å². The molecule has 4 heterocycles. The first kappa shape index (κ1) is 28.2. The molecule has 3 aromatic rings. The van der Waals surface area contributed by atoms with Crippen LogP contribution in [0.1, 0.15) is 71.3 Å². The highest BCUT2D eigenvalue weighted by Gasteiger charge is 2.34. The zero-order chi connectivity index (χ0) is 28.8. The molecule has 1 saturated heterocycles. The van der Waals surface area contributed by atoms with Crippen molar-refractivity contribution in [3.63, 3.8) is 0 Å². The largest absolute Gasteiger partial charge is 0.465 e. The van der Waals surface area contributed by atoms with Crippen LogP contribution in [-0.4, -0.2) is 69.2 Å².